The van der Waals surface area contributed by atoms with Crippen molar-refractivity contribution < 1.29 is 19.2 Å². The SMILES string of the molecule is CON=C1CN(C(=O)c2ccc(-c3c(C)cccc3C)cc2)C(CC(N)=O)(C(N)=O)C1. The van der Waals surface area contributed by atoms with Crippen molar-refractivity contribution in [2.75, 3.05) is 13.7 Å². The number of carbonyl (C=O) groups excluding carboxylic acids is 3. The molecule has 8 heteroatoms. The predicted octanol–water partition coefficient (Wildman–Crippen LogP) is 1.92. The maximum absolute atomic E-state index is 13.4. The normalized spacial score (nSPS) is 19.5. The lowest BCUT2D eigenvalue weighted by molar-refractivity contribution is -0.132. The molecule has 1 fully saturated rings. The van der Waals surface area contributed by atoms with Crippen LogP contribution in [0.2, 0.25) is 0 Å². The third kappa shape index (κ3) is 4.14. The van der Waals surface area contributed by atoms with Crippen LogP contribution in [0.25, 0.3) is 11.1 Å². The average molecular weight is 422 g/mol. The second-order valence-electron chi connectivity index (χ2n) is 7.79. The highest BCUT2D eigenvalue weighted by molar-refractivity contribution is 6.08. The van der Waals surface area contributed by atoms with Crippen molar-refractivity contribution >= 4 is 23.4 Å². The van der Waals surface area contributed by atoms with Gasteiger partial charge in [0.15, 0.2) is 0 Å². The molecule has 3 amide bonds. The summed E-state index contributed by atoms with van der Waals surface area (Å²) < 4.78 is 0. The number of nitrogens with two attached hydrogens (primary N) is 2. The molecule has 0 bridgehead atoms. The third-order valence-electron chi connectivity index (χ3n) is 5.65. The van der Waals surface area contributed by atoms with Crippen molar-refractivity contribution in [1.29, 1.82) is 0 Å². The van der Waals surface area contributed by atoms with Gasteiger partial charge < -0.3 is 21.2 Å². The molecule has 0 spiro atoms. The van der Waals surface area contributed by atoms with Crippen molar-refractivity contribution in [3.8, 4) is 11.1 Å². The van der Waals surface area contributed by atoms with Crippen LogP contribution >= 0.6 is 0 Å². The zero-order chi connectivity index (χ0) is 22.8. The van der Waals surface area contributed by atoms with E-state index < -0.39 is 29.7 Å². The Morgan fingerprint density at radius 3 is 2.19 bits per heavy atom. The number of carbonyl (C=O) groups is 3. The van der Waals surface area contributed by atoms with Crippen molar-refractivity contribution in [2.45, 2.75) is 32.2 Å². The summed E-state index contributed by atoms with van der Waals surface area (Å²) in [5.74, 6) is -1.98. The van der Waals surface area contributed by atoms with Gasteiger partial charge >= 0.3 is 0 Å². The molecule has 0 radical (unpaired) electrons. The lowest BCUT2D eigenvalue weighted by Crippen LogP contribution is -2.57. The predicted molar refractivity (Wildman–Crippen MR) is 117 cm³/mol. The van der Waals surface area contributed by atoms with Crippen LogP contribution in [0.4, 0.5) is 0 Å². The molecule has 3 rings (SSSR count). The van der Waals surface area contributed by atoms with Gasteiger partial charge in [-0.1, -0.05) is 35.5 Å². The van der Waals surface area contributed by atoms with E-state index in [1.807, 2.05) is 44.2 Å². The monoisotopic (exact) mass is 422 g/mol. The first-order valence-electron chi connectivity index (χ1n) is 9.85. The standard InChI is InChI=1S/C23H26N4O4/c1-14-5-4-6-15(2)20(14)16-7-9-17(10-8-16)21(29)27-13-18(26-31-3)11-23(27,22(25)30)12-19(24)28/h4-10H,11-13H2,1-3H3,(H2,24,28)(H2,25,30). The summed E-state index contributed by atoms with van der Waals surface area (Å²) in [4.78, 5) is 43.5. The highest BCUT2D eigenvalue weighted by Crippen LogP contribution is 2.33. The summed E-state index contributed by atoms with van der Waals surface area (Å²) in [6.07, 6.45) is -0.400. The molecular weight excluding hydrogens is 396 g/mol. The van der Waals surface area contributed by atoms with E-state index in [1.165, 1.54) is 12.0 Å². The third-order valence-corrected chi connectivity index (χ3v) is 5.65. The molecule has 1 aliphatic rings. The van der Waals surface area contributed by atoms with Gasteiger partial charge in [-0.15, -0.1) is 0 Å². The van der Waals surface area contributed by atoms with Crippen LogP contribution in [0.3, 0.4) is 0 Å². The summed E-state index contributed by atoms with van der Waals surface area (Å²) >= 11 is 0. The summed E-state index contributed by atoms with van der Waals surface area (Å²) in [6, 6.07) is 13.2. The first-order chi connectivity index (χ1) is 14.7. The highest BCUT2D eigenvalue weighted by atomic mass is 16.6. The van der Waals surface area contributed by atoms with Gasteiger partial charge in [-0.25, -0.2) is 0 Å². The number of primary amides is 2. The van der Waals surface area contributed by atoms with Crippen LogP contribution in [0.15, 0.2) is 47.6 Å². The summed E-state index contributed by atoms with van der Waals surface area (Å²) in [5, 5.41) is 3.87. The zero-order valence-corrected chi connectivity index (χ0v) is 17.8. The number of nitrogens with zero attached hydrogens (tertiary/aromatic N) is 2. The van der Waals surface area contributed by atoms with Crippen LogP contribution < -0.4 is 11.5 Å². The molecule has 1 saturated heterocycles. The van der Waals surface area contributed by atoms with E-state index in [4.69, 9.17) is 16.3 Å². The van der Waals surface area contributed by atoms with Crippen molar-refractivity contribution in [1.82, 2.24) is 4.90 Å². The Hall–Kier alpha value is -3.68. The Morgan fingerprint density at radius 1 is 1.06 bits per heavy atom. The second kappa shape index (κ2) is 8.59. The molecule has 2 aromatic carbocycles. The molecule has 0 aromatic heterocycles. The smallest absolute Gasteiger partial charge is 0.255 e. The minimum absolute atomic E-state index is 0.00859. The number of aryl methyl sites for hydroxylation is 2. The number of benzene rings is 2. The highest BCUT2D eigenvalue weighted by Gasteiger charge is 2.52. The van der Waals surface area contributed by atoms with Crippen LogP contribution in [-0.4, -0.2) is 47.5 Å². The van der Waals surface area contributed by atoms with Gasteiger partial charge in [0.2, 0.25) is 11.8 Å². The first-order valence-corrected chi connectivity index (χ1v) is 9.85. The van der Waals surface area contributed by atoms with Crippen LogP contribution in [-0.2, 0) is 14.4 Å². The molecule has 162 valence electrons. The Kier molecular flexibility index (Phi) is 6.10. The molecule has 8 nitrogen and oxygen atoms in total. The minimum atomic E-state index is -1.58. The van der Waals surface area contributed by atoms with Crippen molar-refractivity contribution in [2.24, 2.45) is 16.6 Å². The Labute approximate surface area is 180 Å². The zero-order valence-electron chi connectivity index (χ0n) is 17.8. The minimum Gasteiger partial charge on any atom is -0.399 e. The van der Waals surface area contributed by atoms with Gasteiger partial charge in [0.25, 0.3) is 5.91 Å². The van der Waals surface area contributed by atoms with Gasteiger partial charge in [-0.2, -0.15) is 0 Å². The summed E-state index contributed by atoms with van der Waals surface area (Å²) in [5.41, 5.74) is 14.6. The number of hydrogen-bond donors (Lipinski definition) is 2. The number of amides is 3. The molecule has 2 aromatic rings. The maximum Gasteiger partial charge on any atom is 0.255 e. The van der Waals surface area contributed by atoms with E-state index in [0.717, 1.165) is 22.3 Å². The van der Waals surface area contributed by atoms with Gasteiger partial charge in [-0.3, -0.25) is 14.4 Å². The molecule has 4 N–H and O–H groups in total. The van der Waals surface area contributed by atoms with E-state index >= 15 is 0 Å². The molecule has 1 heterocycles. The fraction of sp³-hybridized carbons (Fsp3) is 0.304. The van der Waals surface area contributed by atoms with Crippen molar-refractivity contribution in [3.05, 3.63) is 59.2 Å². The molecule has 1 unspecified atom stereocenters. The van der Waals surface area contributed by atoms with Crippen LogP contribution in [0.1, 0.15) is 34.3 Å². The molecule has 31 heavy (non-hydrogen) atoms. The van der Waals surface area contributed by atoms with Crippen molar-refractivity contribution in [3.63, 3.8) is 0 Å². The molecule has 1 atom stereocenters. The fourth-order valence-corrected chi connectivity index (χ4v) is 4.24. The fourth-order valence-electron chi connectivity index (χ4n) is 4.24. The molecule has 0 saturated carbocycles. The largest absolute Gasteiger partial charge is 0.399 e. The molecular formula is C23H26N4O4. The number of oxime groups is 1. The number of hydrogen-bond acceptors (Lipinski definition) is 5. The summed E-state index contributed by atoms with van der Waals surface area (Å²) in [6.45, 7) is 4.09. The quantitative estimate of drug-likeness (QED) is 0.689. The van der Waals surface area contributed by atoms with Gasteiger partial charge in [0, 0.05) is 12.0 Å². The van der Waals surface area contributed by atoms with Crippen LogP contribution in [0.5, 0.6) is 0 Å². The first kappa shape index (κ1) is 22.0. The van der Waals surface area contributed by atoms with E-state index in [1.54, 1.807) is 12.1 Å². The van der Waals surface area contributed by atoms with Gasteiger partial charge in [0.1, 0.15) is 12.6 Å². The number of likely N-dealkylation sites (tertiary alicyclic amines) is 1. The van der Waals surface area contributed by atoms with Gasteiger partial charge in [0.05, 0.1) is 18.7 Å². The van der Waals surface area contributed by atoms with E-state index in [-0.39, 0.29) is 13.0 Å². The maximum atomic E-state index is 13.4. The Balaban J connectivity index is 1.99. The van der Waals surface area contributed by atoms with E-state index in [0.29, 0.717) is 11.3 Å². The Morgan fingerprint density at radius 2 is 1.68 bits per heavy atom. The topological polar surface area (TPSA) is 128 Å². The molecule has 1 aliphatic heterocycles. The van der Waals surface area contributed by atoms with Gasteiger partial charge in [-0.05, 0) is 48.2 Å². The Bertz CT molecular complexity index is 1040. The summed E-state index contributed by atoms with van der Waals surface area (Å²) in [7, 11) is 1.36. The lowest BCUT2D eigenvalue weighted by Gasteiger charge is -2.34. The average Bonchev–Trinajstić information content (AvgIpc) is 3.07. The van der Waals surface area contributed by atoms with Crippen LogP contribution in [0, 0.1) is 13.8 Å². The van der Waals surface area contributed by atoms with E-state index in [2.05, 4.69) is 5.16 Å². The molecule has 0 aliphatic carbocycles. The second-order valence-corrected chi connectivity index (χ2v) is 7.79. The lowest BCUT2D eigenvalue weighted by atomic mass is 9.89. The number of rotatable bonds is 6. The van der Waals surface area contributed by atoms with E-state index in [9.17, 15) is 14.4 Å².